The summed E-state index contributed by atoms with van der Waals surface area (Å²) in [6.07, 6.45) is -10.2. The van der Waals surface area contributed by atoms with Crippen LogP contribution in [0.4, 0.5) is 22.8 Å². The highest BCUT2D eigenvalue weighted by Gasteiger charge is 2.48. The molecule has 1 aromatic heterocycles. The van der Waals surface area contributed by atoms with Crippen molar-refractivity contribution in [2.75, 3.05) is 6.54 Å². The van der Waals surface area contributed by atoms with E-state index in [4.69, 9.17) is 21.1 Å². The van der Waals surface area contributed by atoms with Crippen molar-refractivity contribution in [3.63, 3.8) is 0 Å². The number of carbonyl (C=O) groups excluding carboxylic acids is 2. The number of aryl methyl sites for hydroxylation is 2. The van der Waals surface area contributed by atoms with Crippen LogP contribution in [0.2, 0.25) is 0 Å². The highest BCUT2D eigenvalue weighted by molar-refractivity contribution is 6.43. The van der Waals surface area contributed by atoms with Gasteiger partial charge in [0.15, 0.2) is 5.84 Å². The van der Waals surface area contributed by atoms with Gasteiger partial charge >= 0.3 is 18.4 Å². The van der Waals surface area contributed by atoms with Crippen LogP contribution in [0, 0.1) is 13.8 Å². The van der Waals surface area contributed by atoms with Gasteiger partial charge in [0.2, 0.25) is 12.3 Å². The Labute approximate surface area is 234 Å². The van der Waals surface area contributed by atoms with Crippen LogP contribution in [0.5, 0.6) is 0 Å². The van der Waals surface area contributed by atoms with E-state index in [-0.39, 0.29) is 16.6 Å². The number of carbonyl (C=O) groups is 2. The number of hydrogen-bond acceptors (Lipinski definition) is 10. The first kappa shape index (κ1) is 31.1. The lowest BCUT2D eigenvalue weighted by molar-refractivity contribution is -0.145. The number of amides is 2. The number of aliphatic hydroxyl groups is 1. The van der Waals surface area contributed by atoms with Gasteiger partial charge in [-0.2, -0.15) is 18.3 Å². The Morgan fingerprint density at radius 2 is 1.52 bits per heavy atom. The second-order valence-electron chi connectivity index (χ2n) is 11.2. The fourth-order valence-electron chi connectivity index (χ4n) is 3.77. The third kappa shape index (κ3) is 7.42. The van der Waals surface area contributed by atoms with Crippen LogP contribution in [-0.4, -0.2) is 79.2 Å². The van der Waals surface area contributed by atoms with Crippen LogP contribution < -0.4 is 0 Å². The van der Waals surface area contributed by atoms with E-state index in [2.05, 4.69) is 15.1 Å². The van der Waals surface area contributed by atoms with Gasteiger partial charge in [-0.15, -0.1) is 4.90 Å². The molecular weight excluding hydrogens is 557 g/mol. The average molecular weight is 589 g/mol. The third-order valence-electron chi connectivity index (χ3n) is 5.14. The van der Waals surface area contributed by atoms with E-state index in [1.54, 1.807) is 67.5 Å². The lowest BCUT2D eigenvalue weighted by Crippen LogP contribution is -2.58. The number of amidine groups is 1. The molecule has 2 aliphatic heterocycles. The number of hydrogen-bond donors (Lipinski definition) is 1. The minimum absolute atomic E-state index is 0.140. The fraction of sp³-hybridized carbons (Fsp3) is 0.560. The van der Waals surface area contributed by atoms with E-state index in [1.807, 2.05) is 0 Å². The molecule has 0 spiro atoms. The molecule has 1 N–H and O–H groups in total. The number of rotatable bonds is 3. The lowest BCUT2D eigenvalue weighted by Gasteiger charge is -2.36. The summed E-state index contributed by atoms with van der Waals surface area (Å²) in [4.78, 5) is 36.5. The molecule has 0 saturated carbocycles. The Kier molecular flexibility index (Phi) is 8.47. The van der Waals surface area contributed by atoms with Crippen molar-refractivity contribution in [2.45, 2.75) is 85.5 Å². The smallest absolute Gasteiger partial charge is 0.427 e. The zero-order valence-corrected chi connectivity index (χ0v) is 24.2. The predicted octanol–water partition coefficient (Wildman–Crippen LogP) is 5.31. The number of aromatic nitrogens is 1. The molecule has 1 aromatic rings. The van der Waals surface area contributed by atoms with E-state index < -0.39 is 54.8 Å². The molecule has 3 rings (SSSR count). The van der Waals surface area contributed by atoms with Gasteiger partial charge < -0.3 is 14.6 Å². The Morgan fingerprint density at radius 1 is 1.02 bits per heavy atom. The van der Waals surface area contributed by atoms with Gasteiger partial charge in [0, 0.05) is 17.9 Å². The first-order valence-electron chi connectivity index (χ1n) is 12.3. The van der Waals surface area contributed by atoms with E-state index in [9.17, 15) is 27.9 Å². The zero-order chi connectivity index (χ0) is 30.4. The zero-order valence-electron chi connectivity index (χ0n) is 23.4. The monoisotopic (exact) mass is 588 g/mol. The Morgan fingerprint density at radius 3 is 1.98 bits per heavy atom. The molecule has 0 aromatic carbocycles. The summed E-state index contributed by atoms with van der Waals surface area (Å²) in [6.45, 7) is 12.1. The third-order valence-corrected chi connectivity index (χ3v) is 5.41. The SMILES string of the molecule is Cc1cc(C2=C(Cl)N=C(N(C(=O)OC(C)(C)C)C(=O)OC(C)(C)C)N3C2=NN(CCC(F)(F)F)C3O)cc(C)n1. The first-order chi connectivity index (χ1) is 18.2. The quantitative estimate of drug-likeness (QED) is 0.472. The van der Waals surface area contributed by atoms with E-state index in [0.717, 1.165) is 9.91 Å². The van der Waals surface area contributed by atoms with Gasteiger partial charge in [-0.05, 0) is 73.1 Å². The fourth-order valence-corrected chi connectivity index (χ4v) is 4.04. The molecule has 2 amide bonds. The van der Waals surface area contributed by atoms with Crippen LogP contribution in [0.15, 0.2) is 27.4 Å². The number of ether oxygens (including phenoxy) is 2. The van der Waals surface area contributed by atoms with Gasteiger partial charge in [0.1, 0.15) is 16.4 Å². The van der Waals surface area contributed by atoms with Crippen LogP contribution in [0.3, 0.4) is 0 Å². The molecule has 0 radical (unpaired) electrons. The van der Waals surface area contributed by atoms with Gasteiger partial charge in [-0.3, -0.25) is 4.98 Å². The maximum atomic E-state index is 13.3. The molecule has 1 unspecified atom stereocenters. The standard InChI is InChI=1S/C25H32ClF3N6O5/c1-13-11-15(12-14(2)30-13)16-17(26)31-19(34-18(16)32-33(20(34)36)10-9-25(27,28)29)35(21(37)39-23(3,4)5)22(38)40-24(6,7)8/h11-12,20,36H,9-10H2,1-8H3. The minimum atomic E-state index is -4.55. The van der Waals surface area contributed by atoms with E-state index >= 15 is 0 Å². The number of fused-ring (bicyclic) bond motifs is 1. The predicted molar refractivity (Wildman–Crippen MR) is 141 cm³/mol. The van der Waals surface area contributed by atoms with Crippen molar-refractivity contribution in [1.29, 1.82) is 0 Å². The Balaban J connectivity index is 2.23. The summed E-state index contributed by atoms with van der Waals surface area (Å²) in [5.74, 6) is -0.715. The lowest BCUT2D eigenvalue weighted by atomic mass is 10.0. The van der Waals surface area contributed by atoms with Crippen molar-refractivity contribution < 1.29 is 37.3 Å². The molecule has 15 heteroatoms. The minimum Gasteiger partial charge on any atom is -0.443 e. The molecule has 2 aliphatic rings. The number of aliphatic hydroxyl groups excluding tert-OH is 1. The molecule has 0 fully saturated rings. The van der Waals surface area contributed by atoms with Crippen molar-refractivity contribution in [2.24, 2.45) is 10.1 Å². The summed E-state index contributed by atoms with van der Waals surface area (Å²) in [5.41, 5.74) is -0.338. The molecular formula is C25H32ClF3N6O5. The molecule has 11 nitrogen and oxygen atoms in total. The van der Waals surface area contributed by atoms with Crippen LogP contribution in [0.1, 0.15) is 64.9 Å². The number of guanidine groups is 1. The number of alkyl halides is 3. The highest BCUT2D eigenvalue weighted by atomic mass is 35.5. The van der Waals surface area contributed by atoms with Crippen molar-refractivity contribution >= 4 is 41.2 Å². The second-order valence-corrected chi connectivity index (χ2v) is 11.5. The van der Waals surface area contributed by atoms with E-state index in [0.29, 0.717) is 21.9 Å². The Hall–Kier alpha value is -3.39. The van der Waals surface area contributed by atoms with Crippen molar-refractivity contribution in [1.82, 2.24) is 19.8 Å². The van der Waals surface area contributed by atoms with Gasteiger partial charge in [0.05, 0.1) is 12.0 Å². The second kappa shape index (κ2) is 10.9. The maximum absolute atomic E-state index is 13.3. The highest BCUT2D eigenvalue weighted by Crippen LogP contribution is 2.36. The number of imide groups is 1. The number of halogens is 4. The summed E-state index contributed by atoms with van der Waals surface area (Å²) < 4.78 is 50.0. The van der Waals surface area contributed by atoms with E-state index in [1.165, 1.54) is 0 Å². The van der Waals surface area contributed by atoms with Crippen LogP contribution in [-0.2, 0) is 9.47 Å². The average Bonchev–Trinajstić information content (AvgIpc) is 3.04. The summed E-state index contributed by atoms with van der Waals surface area (Å²) in [5, 5.41) is 15.9. The Bertz CT molecular complexity index is 1230. The van der Waals surface area contributed by atoms with Crippen LogP contribution >= 0.6 is 11.6 Å². The maximum Gasteiger partial charge on any atom is 0.427 e. The molecule has 3 heterocycles. The van der Waals surface area contributed by atoms with Crippen molar-refractivity contribution in [3.8, 4) is 0 Å². The van der Waals surface area contributed by atoms with Crippen LogP contribution in [0.25, 0.3) is 5.57 Å². The number of pyridine rings is 1. The van der Waals surface area contributed by atoms with Gasteiger partial charge in [0.25, 0.3) is 0 Å². The largest absolute Gasteiger partial charge is 0.443 e. The molecule has 0 aliphatic carbocycles. The van der Waals surface area contributed by atoms with Gasteiger partial charge in [-0.25, -0.2) is 24.5 Å². The molecule has 0 saturated heterocycles. The summed E-state index contributed by atoms with van der Waals surface area (Å²) >= 11 is 6.60. The normalized spacial score (nSPS) is 17.9. The first-order valence-corrected chi connectivity index (χ1v) is 12.6. The molecule has 40 heavy (non-hydrogen) atoms. The van der Waals surface area contributed by atoms with Crippen molar-refractivity contribution in [3.05, 3.63) is 34.2 Å². The number of hydrazone groups is 1. The number of aliphatic imine (C=N–C) groups is 1. The number of nitrogens with zero attached hydrogens (tertiary/aromatic N) is 6. The molecule has 1 atom stereocenters. The summed E-state index contributed by atoms with van der Waals surface area (Å²) in [7, 11) is 0. The van der Waals surface area contributed by atoms with Gasteiger partial charge in [-0.1, -0.05) is 11.6 Å². The molecule has 0 bridgehead atoms. The summed E-state index contributed by atoms with van der Waals surface area (Å²) in [6, 6.07) is 3.30. The molecule has 220 valence electrons. The topological polar surface area (TPSA) is 120 Å².